The zero-order chi connectivity index (χ0) is 19.0. The molecule has 5 rings (SSSR count). The molecule has 3 aliphatic rings. The van der Waals surface area contributed by atoms with Gasteiger partial charge in [-0.05, 0) is 80.8 Å². The molecule has 1 N–H and O–H groups in total. The van der Waals surface area contributed by atoms with Crippen molar-refractivity contribution in [3.63, 3.8) is 0 Å². The summed E-state index contributed by atoms with van der Waals surface area (Å²) in [7, 11) is 1.71. The van der Waals surface area contributed by atoms with E-state index < -0.39 is 0 Å². The van der Waals surface area contributed by atoms with Crippen molar-refractivity contribution >= 4 is 0 Å². The second kappa shape index (κ2) is 7.53. The SMILES string of the molecule is COc1ccc(-c2[nH]ncc2CN2CCC3(CCCN(CC4CC4)C3)C2)cc1. The molecule has 0 radical (unpaired) electrons. The van der Waals surface area contributed by atoms with Gasteiger partial charge in [-0.2, -0.15) is 5.10 Å². The monoisotopic (exact) mass is 380 g/mol. The minimum absolute atomic E-state index is 0.525. The Bertz CT molecular complexity index is 797. The summed E-state index contributed by atoms with van der Waals surface area (Å²) in [5, 5.41) is 7.56. The summed E-state index contributed by atoms with van der Waals surface area (Å²) in [6.45, 7) is 7.43. The van der Waals surface area contributed by atoms with Crippen molar-refractivity contribution in [2.75, 3.05) is 39.8 Å². The van der Waals surface area contributed by atoms with Gasteiger partial charge in [-0.3, -0.25) is 10.00 Å². The van der Waals surface area contributed by atoms with E-state index >= 15 is 0 Å². The maximum atomic E-state index is 5.29. The highest BCUT2D eigenvalue weighted by atomic mass is 16.5. The zero-order valence-corrected chi connectivity index (χ0v) is 17.0. The highest BCUT2D eigenvalue weighted by Crippen LogP contribution is 2.41. The molecule has 3 heterocycles. The highest BCUT2D eigenvalue weighted by molar-refractivity contribution is 5.63. The summed E-state index contributed by atoms with van der Waals surface area (Å²) < 4.78 is 5.29. The average molecular weight is 381 g/mol. The fraction of sp³-hybridized carbons (Fsp3) is 0.609. The van der Waals surface area contributed by atoms with Crippen LogP contribution in [0.1, 0.15) is 37.7 Å². The third-order valence-corrected chi connectivity index (χ3v) is 6.96. The molecule has 1 saturated carbocycles. The molecule has 150 valence electrons. The molecule has 2 aliphatic heterocycles. The fourth-order valence-electron chi connectivity index (χ4n) is 5.31. The van der Waals surface area contributed by atoms with Gasteiger partial charge in [0.2, 0.25) is 0 Å². The van der Waals surface area contributed by atoms with E-state index in [1.54, 1.807) is 7.11 Å². The number of likely N-dealkylation sites (tertiary alicyclic amines) is 2. The van der Waals surface area contributed by atoms with Crippen LogP contribution < -0.4 is 4.74 Å². The van der Waals surface area contributed by atoms with Crippen LogP contribution in [0.15, 0.2) is 30.5 Å². The highest BCUT2D eigenvalue weighted by Gasteiger charge is 2.42. The third kappa shape index (κ3) is 3.83. The normalized spacial score (nSPS) is 26.2. The van der Waals surface area contributed by atoms with Crippen LogP contribution in [0.4, 0.5) is 0 Å². The molecule has 2 saturated heterocycles. The van der Waals surface area contributed by atoms with Crippen molar-refractivity contribution in [2.45, 2.75) is 38.6 Å². The van der Waals surface area contributed by atoms with Crippen LogP contribution in [0.2, 0.25) is 0 Å². The molecule has 2 aromatic rings. The van der Waals surface area contributed by atoms with E-state index in [1.165, 1.54) is 76.0 Å². The maximum Gasteiger partial charge on any atom is 0.118 e. The molecule has 1 aromatic heterocycles. The first-order valence-corrected chi connectivity index (χ1v) is 10.8. The number of piperidine rings is 1. The number of hydrogen-bond acceptors (Lipinski definition) is 4. The minimum atomic E-state index is 0.525. The molecular formula is C23H32N4O. The van der Waals surface area contributed by atoms with Crippen LogP contribution in [-0.2, 0) is 6.54 Å². The summed E-state index contributed by atoms with van der Waals surface area (Å²) in [6.07, 6.45) is 9.06. The van der Waals surface area contributed by atoms with Gasteiger partial charge in [-0.1, -0.05) is 0 Å². The molecule has 1 aliphatic carbocycles. The molecule has 1 unspecified atom stereocenters. The molecule has 5 nitrogen and oxygen atoms in total. The summed E-state index contributed by atoms with van der Waals surface area (Å²) >= 11 is 0. The Morgan fingerprint density at radius 1 is 1.11 bits per heavy atom. The second-order valence-electron chi connectivity index (χ2n) is 9.24. The fourth-order valence-corrected chi connectivity index (χ4v) is 5.31. The minimum Gasteiger partial charge on any atom is -0.497 e. The van der Waals surface area contributed by atoms with Crippen LogP contribution >= 0.6 is 0 Å². The first kappa shape index (κ1) is 18.2. The van der Waals surface area contributed by atoms with Crippen LogP contribution in [0, 0.1) is 11.3 Å². The molecule has 0 amide bonds. The Hall–Kier alpha value is -1.85. The zero-order valence-electron chi connectivity index (χ0n) is 17.0. The number of H-pyrrole nitrogens is 1. The molecule has 28 heavy (non-hydrogen) atoms. The number of nitrogens with one attached hydrogen (secondary N) is 1. The topological polar surface area (TPSA) is 44.4 Å². The lowest BCUT2D eigenvalue weighted by Gasteiger charge is -2.40. The Kier molecular flexibility index (Phi) is 4.89. The number of rotatable bonds is 6. The van der Waals surface area contributed by atoms with E-state index in [-0.39, 0.29) is 0 Å². The second-order valence-corrected chi connectivity index (χ2v) is 9.24. The van der Waals surface area contributed by atoms with Crippen LogP contribution in [-0.4, -0.2) is 59.8 Å². The Labute approximate surface area is 168 Å². The number of hydrogen-bond donors (Lipinski definition) is 1. The van der Waals surface area contributed by atoms with Gasteiger partial charge in [0.25, 0.3) is 0 Å². The van der Waals surface area contributed by atoms with E-state index in [4.69, 9.17) is 4.74 Å². The molecular weight excluding hydrogens is 348 g/mol. The first-order chi connectivity index (χ1) is 13.7. The van der Waals surface area contributed by atoms with Crippen molar-refractivity contribution < 1.29 is 4.74 Å². The maximum absolute atomic E-state index is 5.29. The van der Waals surface area contributed by atoms with Gasteiger partial charge in [0.05, 0.1) is 19.0 Å². The smallest absolute Gasteiger partial charge is 0.118 e. The van der Waals surface area contributed by atoms with E-state index in [9.17, 15) is 0 Å². The Balaban J connectivity index is 1.24. The number of aromatic amines is 1. The van der Waals surface area contributed by atoms with Crippen LogP contribution in [0.25, 0.3) is 11.3 Å². The van der Waals surface area contributed by atoms with Gasteiger partial charge in [-0.15, -0.1) is 0 Å². The molecule has 0 bridgehead atoms. The Morgan fingerprint density at radius 3 is 2.71 bits per heavy atom. The van der Waals surface area contributed by atoms with Gasteiger partial charge in [0.15, 0.2) is 0 Å². The van der Waals surface area contributed by atoms with Gasteiger partial charge in [0.1, 0.15) is 5.75 Å². The number of nitrogens with zero attached hydrogens (tertiary/aromatic N) is 3. The quantitative estimate of drug-likeness (QED) is 0.828. The molecule has 1 atom stereocenters. The molecule has 1 aromatic carbocycles. The molecule has 1 spiro atoms. The first-order valence-electron chi connectivity index (χ1n) is 10.8. The molecule has 3 fully saturated rings. The summed E-state index contributed by atoms with van der Waals surface area (Å²) in [5.41, 5.74) is 4.14. The van der Waals surface area contributed by atoms with Gasteiger partial charge in [0, 0.05) is 37.3 Å². The van der Waals surface area contributed by atoms with E-state index in [0.29, 0.717) is 5.41 Å². The van der Waals surface area contributed by atoms with Crippen molar-refractivity contribution in [1.82, 2.24) is 20.0 Å². The predicted octanol–water partition coefficient (Wildman–Crippen LogP) is 3.78. The van der Waals surface area contributed by atoms with Crippen molar-refractivity contribution in [1.29, 1.82) is 0 Å². The standard InChI is InChI=1S/C23H32N4O/c1-28-21-7-5-19(6-8-21)22-20(13-24-25-22)15-27-12-10-23(17-27)9-2-11-26(16-23)14-18-3-4-18/h5-8,13,18H,2-4,9-12,14-17H2,1H3,(H,24,25). The van der Waals surface area contributed by atoms with Crippen LogP contribution in [0.3, 0.4) is 0 Å². The lowest BCUT2D eigenvalue weighted by Crippen LogP contribution is -2.45. The van der Waals surface area contributed by atoms with Gasteiger partial charge < -0.3 is 9.64 Å². The lowest BCUT2D eigenvalue weighted by molar-refractivity contribution is 0.0885. The van der Waals surface area contributed by atoms with E-state index in [1.807, 2.05) is 18.3 Å². The van der Waals surface area contributed by atoms with Gasteiger partial charge in [-0.25, -0.2) is 0 Å². The number of aromatic nitrogens is 2. The van der Waals surface area contributed by atoms with Crippen molar-refractivity contribution in [2.24, 2.45) is 11.3 Å². The predicted molar refractivity (Wildman–Crippen MR) is 111 cm³/mol. The largest absolute Gasteiger partial charge is 0.497 e. The number of benzene rings is 1. The van der Waals surface area contributed by atoms with Gasteiger partial charge >= 0.3 is 0 Å². The van der Waals surface area contributed by atoms with Crippen molar-refractivity contribution in [3.8, 4) is 17.0 Å². The number of methoxy groups -OCH3 is 1. The lowest BCUT2D eigenvalue weighted by atomic mass is 9.79. The van der Waals surface area contributed by atoms with Crippen LogP contribution in [0.5, 0.6) is 5.75 Å². The van der Waals surface area contributed by atoms with E-state index in [2.05, 4.69) is 32.1 Å². The van der Waals surface area contributed by atoms with Crippen molar-refractivity contribution in [3.05, 3.63) is 36.0 Å². The summed E-state index contributed by atoms with van der Waals surface area (Å²) in [4.78, 5) is 5.42. The van der Waals surface area contributed by atoms with E-state index in [0.717, 1.165) is 23.9 Å². The summed E-state index contributed by atoms with van der Waals surface area (Å²) in [6, 6.07) is 8.25. The average Bonchev–Trinajstić information content (AvgIpc) is 3.27. The molecule has 5 heteroatoms. The summed E-state index contributed by atoms with van der Waals surface area (Å²) in [5.74, 6) is 1.89. The Morgan fingerprint density at radius 2 is 1.93 bits per heavy atom. The third-order valence-electron chi connectivity index (χ3n) is 6.96. The number of ether oxygens (including phenoxy) is 1.